The molecular formula is C38H42O6. The van der Waals surface area contributed by atoms with E-state index in [4.69, 9.17) is 23.7 Å². The normalized spacial score (nSPS) is 26.9. The molecule has 6 atom stereocenters. The molecule has 0 spiro atoms. The zero-order chi connectivity index (χ0) is 30.0. The van der Waals surface area contributed by atoms with E-state index < -0.39 is 36.1 Å². The highest BCUT2D eigenvalue weighted by Gasteiger charge is 2.62. The van der Waals surface area contributed by atoms with Gasteiger partial charge in [0.2, 0.25) is 0 Å². The third-order valence-electron chi connectivity index (χ3n) is 8.63. The minimum Gasteiger partial charge on any atom is -0.384 e. The van der Waals surface area contributed by atoms with E-state index in [-0.39, 0.29) is 0 Å². The Morgan fingerprint density at radius 1 is 0.523 bits per heavy atom. The number of benzene rings is 4. The molecule has 6 rings (SSSR count). The zero-order valence-corrected chi connectivity index (χ0v) is 25.1. The lowest BCUT2D eigenvalue weighted by atomic mass is 9.72. The van der Waals surface area contributed by atoms with Crippen molar-refractivity contribution in [2.75, 3.05) is 6.61 Å². The van der Waals surface area contributed by atoms with Gasteiger partial charge in [0, 0.05) is 6.61 Å². The molecule has 0 unspecified atom stereocenters. The van der Waals surface area contributed by atoms with E-state index in [9.17, 15) is 5.11 Å². The fraction of sp³-hybridized carbons (Fsp3) is 0.368. The minimum absolute atomic E-state index is 0.326. The maximum absolute atomic E-state index is 12.7. The Morgan fingerprint density at radius 3 is 1.41 bits per heavy atom. The molecule has 1 N–H and O–H groups in total. The van der Waals surface area contributed by atoms with Crippen LogP contribution < -0.4 is 0 Å². The van der Waals surface area contributed by atoms with Crippen LogP contribution in [0.1, 0.15) is 41.5 Å². The summed E-state index contributed by atoms with van der Waals surface area (Å²) in [5.41, 5.74) is 2.79. The molecule has 2 aliphatic rings. The number of aliphatic hydroxyl groups is 1. The molecule has 44 heavy (non-hydrogen) atoms. The first-order valence-electron chi connectivity index (χ1n) is 15.7. The van der Waals surface area contributed by atoms with Gasteiger partial charge in [-0.1, -0.05) is 121 Å². The topological polar surface area (TPSA) is 66.4 Å². The van der Waals surface area contributed by atoms with Crippen LogP contribution in [-0.4, -0.2) is 47.8 Å². The monoisotopic (exact) mass is 594 g/mol. The van der Waals surface area contributed by atoms with Crippen molar-refractivity contribution in [2.24, 2.45) is 0 Å². The van der Waals surface area contributed by atoms with E-state index in [0.717, 1.165) is 35.1 Å². The number of hydrogen-bond donors (Lipinski definition) is 1. The molecule has 0 radical (unpaired) electrons. The van der Waals surface area contributed by atoms with Crippen LogP contribution in [0.25, 0.3) is 0 Å². The molecule has 6 nitrogen and oxygen atoms in total. The van der Waals surface area contributed by atoms with Gasteiger partial charge in [-0.15, -0.1) is 0 Å². The van der Waals surface area contributed by atoms with Gasteiger partial charge in [-0.2, -0.15) is 0 Å². The summed E-state index contributed by atoms with van der Waals surface area (Å²) < 4.78 is 33.4. The first kappa shape index (κ1) is 30.7. The van der Waals surface area contributed by atoms with Gasteiger partial charge in [-0.3, -0.25) is 0 Å². The molecule has 2 fully saturated rings. The largest absolute Gasteiger partial charge is 0.384 e. The summed E-state index contributed by atoms with van der Waals surface area (Å²) in [4.78, 5) is 0. The number of fused-ring (bicyclic) bond motifs is 1. The lowest BCUT2D eigenvalue weighted by Gasteiger charge is -2.54. The molecule has 0 amide bonds. The van der Waals surface area contributed by atoms with E-state index >= 15 is 0 Å². The number of ether oxygens (including phenoxy) is 5. The highest BCUT2D eigenvalue weighted by atomic mass is 16.6. The molecule has 6 heteroatoms. The van der Waals surface area contributed by atoms with Crippen molar-refractivity contribution in [3.8, 4) is 0 Å². The van der Waals surface area contributed by atoms with Crippen molar-refractivity contribution in [2.45, 2.75) is 81.8 Å². The summed E-state index contributed by atoms with van der Waals surface area (Å²) in [7, 11) is 0. The van der Waals surface area contributed by atoms with Crippen LogP contribution in [0.5, 0.6) is 0 Å². The fourth-order valence-electron chi connectivity index (χ4n) is 6.36. The summed E-state index contributed by atoms with van der Waals surface area (Å²) in [6.45, 7) is 1.91. The Bertz CT molecular complexity index is 1390. The van der Waals surface area contributed by atoms with Gasteiger partial charge >= 0.3 is 0 Å². The lowest BCUT2D eigenvalue weighted by Crippen LogP contribution is -2.72. The molecule has 1 heterocycles. The van der Waals surface area contributed by atoms with Gasteiger partial charge in [0.15, 0.2) is 0 Å². The molecule has 230 valence electrons. The Balaban J connectivity index is 1.37. The molecule has 1 saturated heterocycles. The van der Waals surface area contributed by atoms with Crippen molar-refractivity contribution in [3.63, 3.8) is 0 Å². The third-order valence-corrected chi connectivity index (χ3v) is 8.63. The maximum atomic E-state index is 12.7. The molecule has 4 aromatic carbocycles. The Morgan fingerprint density at radius 2 is 0.932 bits per heavy atom. The van der Waals surface area contributed by atoms with Gasteiger partial charge in [0.25, 0.3) is 0 Å². The summed E-state index contributed by atoms with van der Waals surface area (Å²) in [6.07, 6.45) is -1.01. The second-order valence-corrected chi connectivity index (χ2v) is 11.7. The molecule has 4 aromatic rings. The average Bonchev–Trinajstić information content (AvgIpc) is 3.28. The van der Waals surface area contributed by atoms with Crippen LogP contribution in [0.15, 0.2) is 121 Å². The van der Waals surface area contributed by atoms with Gasteiger partial charge in [0.05, 0.1) is 26.4 Å². The lowest BCUT2D eigenvalue weighted by molar-refractivity contribution is -0.312. The predicted octanol–water partition coefficient (Wildman–Crippen LogP) is 6.64. The minimum atomic E-state index is -1.35. The maximum Gasteiger partial charge on any atom is 0.122 e. The van der Waals surface area contributed by atoms with Crippen molar-refractivity contribution in [1.29, 1.82) is 0 Å². The van der Waals surface area contributed by atoms with Gasteiger partial charge in [-0.25, -0.2) is 0 Å². The highest BCUT2D eigenvalue weighted by molar-refractivity contribution is 5.19. The first-order chi connectivity index (χ1) is 21.7. The summed E-state index contributed by atoms with van der Waals surface area (Å²) in [6, 6.07) is 40.3. The molecule has 1 aliphatic carbocycles. The van der Waals surface area contributed by atoms with E-state index in [1.807, 2.05) is 121 Å². The van der Waals surface area contributed by atoms with Crippen LogP contribution in [0.2, 0.25) is 0 Å². The average molecular weight is 595 g/mol. The summed E-state index contributed by atoms with van der Waals surface area (Å²) >= 11 is 0. The van der Waals surface area contributed by atoms with Crippen LogP contribution in [0, 0.1) is 0 Å². The smallest absolute Gasteiger partial charge is 0.122 e. The Kier molecular flexibility index (Phi) is 10.5. The van der Waals surface area contributed by atoms with Crippen molar-refractivity contribution < 1.29 is 28.8 Å². The van der Waals surface area contributed by atoms with Crippen molar-refractivity contribution >= 4 is 0 Å². The van der Waals surface area contributed by atoms with Crippen molar-refractivity contribution in [3.05, 3.63) is 144 Å². The van der Waals surface area contributed by atoms with Crippen LogP contribution in [0.4, 0.5) is 0 Å². The van der Waals surface area contributed by atoms with Crippen LogP contribution in [0.3, 0.4) is 0 Å². The summed E-state index contributed by atoms with van der Waals surface area (Å²) in [5, 5.41) is 12.7. The third kappa shape index (κ3) is 7.46. The number of hydrogen-bond acceptors (Lipinski definition) is 6. The van der Waals surface area contributed by atoms with Crippen LogP contribution >= 0.6 is 0 Å². The van der Waals surface area contributed by atoms with Crippen LogP contribution in [-0.2, 0) is 50.1 Å². The molecular weight excluding hydrogens is 552 g/mol. The van der Waals surface area contributed by atoms with Crippen molar-refractivity contribution in [1.82, 2.24) is 0 Å². The van der Waals surface area contributed by atoms with Gasteiger partial charge in [-0.05, 0) is 41.5 Å². The Labute approximate surface area is 260 Å². The van der Waals surface area contributed by atoms with E-state index in [1.165, 1.54) is 0 Å². The van der Waals surface area contributed by atoms with Gasteiger partial charge in [0.1, 0.15) is 36.1 Å². The molecule has 0 bridgehead atoms. The van der Waals surface area contributed by atoms with Gasteiger partial charge < -0.3 is 28.8 Å². The predicted molar refractivity (Wildman–Crippen MR) is 169 cm³/mol. The van der Waals surface area contributed by atoms with E-state index in [0.29, 0.717) is 39.5 Å². The standard InChI is InChI=1S/C38H42O6/c39-38-23-13-14-24-40-36(38)34(42-26-30-17-7-2-8-18-30)33(41-25-29-15-5-1-6-16-29)35(43-27-31-19-9-3-10-20-31)37(38)44-28-32-21-11-4-12-22-32/h1-12,15-22,33-37,39H,13-14,23-28H2/t33-,34-,35+,36+,37-,38+/m1/s1. The van der Waals surface area contributed by atoms with E-state index in [1.54, 1.807) is 0 Å². The number of rotatable bonds is 12. The highest BCUT2D eigenvalue weighted by Crippen LogP contribution is 2.43. The molecule has 0 aromatic heterocycles. The SMILES string of the molecule is O[C@@]12CCCCO[C@H]1[C@H](OCc1ccccc1)[C@@H](OCc1ccccc1)[C@H](OCc1ccccc1)[C@H]2OCc1ccccc1. The molecule has 1 aliphatic heterocycles. The second kappa shape index (κ2) is 15.1. The Hall–Kier alpha value is -3.36. The molecule has 1 saturated carbocycles. The fourth-order valence-corrected chi connectivity index (χ4v) is 6.36. The zero-order valence-electron chi connectivity index (χ0n) is 25.1. The van der Waals surface area contributed by atoms with E-state index in [2.05, 4.69) is 0 Å². The second-order valence-electron chi connectivity index (χ2n) is 11.7. The summed E-state index contributed by atoms with van der Waals surface area (Å²) in [5.74, 6) is 0. The quantitative estimate of drug-likeness (QED) is 0.198. The first-order valence-corrected chi connectivity index (χ1v) is 15.7.